The summed E-state index contributed by atoms with van der Waals surface area (Å²) in [5.74, 6) is -2.13. The Kier molecular flexibility index (Phi) is 5.62. The quantitative estimate of drug-likeness (QED) is 0.450. The predicted octanol–water partition coefficient (Wildman–Crippen LogP) is 4.04. The molecule has 1 aromatic carbocycles. The Morgan fingerprint density at radius 3 is 2.71 bits per heavy atom. The zero-order valence-electron chi connectivity index (χ0n) is 17.8. The molecule has 7 heteroatoms. The third-order valence-electron chi connectivity index (χ3n) is 5.64. The van der Waals surface area contributed by atoms with Gasteiger partial charge in [-0.05, 0) is 36.5 Å². The molecular formula is C24H25N3O3S. The second kappa shape index (κ2) is 8.23. The smallest absolute Gasteiger partial charge is 0.289 e. The second-order valence-corrected chi connectivity index (χ2v) is 9.32. The lowest BCUT2D eigenvalue weighted by Crippen LogP contribution is -2.24. The van der Waals surface area contributed by atoms with Gasteiger partial charge >= 0.3 is 0 Å². The number of primary amides is 1. The number of carbonyl (C=O) groups excluding carboxylic acids is 2. The van der Waals surface area contributed by atoms with Gasteiger partial charge in [-0.25, -0.2) is 4.98 Å². The molecule has 0 aliphatic carbocycles. The van der Waals surface area contributed by atoms with E-state index < -0.39 is 11.7 Å². The molecule has 160 valence electrons. The molecule has 3 N–H and O–H groups in total. The van der Waals surface area contributed by atoms with E-state index in [0.29, 0.717) is 29.3 Å². The van der Waals surface area contributed by atoms with Gasteiger partial charge in [0.1, 0.15) is 5.52 Å². The number of nitrogens with two attached hydrogens (primary N) is 1. The van der Waals surface area contributed by atoms with Crippen molar-refractivity contribution in [2.45, 2.75) is 45.3 Å². The van der Waals surface area contributed by atoms with Crippen molar-refractivity contribution >= 4 is 33.9 Å². The third kappa shape index (κ3) is 3.74. The van der Waals surface area contributed by atoms with Crippen LogP contribution in [0, 0.1) is 6.92 Å². The van der Waals surface area contributed by atoms with Crippen LogP contribution in [0.25, 0.3) is 10.4 Å². The molecule has 0 saturated carbocycles. The molecule has 3 aromatic rings. The topological polar surface area (TPSA) is 97.7 Å². The summed E-state index contributed by atoms with van der Waals surface area (Å²) < 4.78 is 1.79. The Balaban J connectivity index is 1.94. The van der Waals surface area contributed by atoms with Crippen LogP contribution in [0.15, 0.2) is 36.5 Å². The van der Waals surface area contributed by atoms with Crippen molar-refractivity contribution in [3.8, 4) is 5.88 Å². The first-order chi connectivity index (χ1) is 14.8. The fourth-order valence-corrected chi connectivity index (χ4v) is 5.43. The Bertz CT molecular complexity index is 1240. The number of carbonyl (C=O) groups is 2. The molecule has 3 heterocycles. The number of aromatic nitrogens is 2. The molecule has 0 spiro atoms. The van der Waals surface area contributed by atoms with Crippen LogP contribution >= 0.6 is 11.8 Å². The molecule has 31 heavy (non-hydrogen) atoms. The fraction of sp³-hybridized carbons (Fsp3) is 0.292. The van der Waals surface area contributed by atoms with E-state index in [0.717, 1.165) is 17.7 Å². The minimum atomic E-state index is -1.05. The number of aryl methyl sites for hydroxylation is 1. The van der Waals surface area contributed by atoms with E-state index in [9.17, 15) is 14.7 Å². The van der Waals surface area contributed by atoms with E-state index >= 15 is 0 Å². The molecule has 1 amide bonds. The van der Waals surface area contributed by atoms with E-state index in [2.05, 4.69) is 30.1 Å². The zero-order chi connectivity index (χ0) is 22.3. The number of hydrogen-bond donors (Lipinski definition) is 2. The summed E-state index contributed by atoms with van der Waals surface area (Å²) in [6, 6.07) is 8.24. The first-order valence-electron chi connectivity index (χ1n) is 10.3. The lowest BCUT2D eigenvalue weighted by Gasteiger charge is -2.13. The van der Waals surface area contributed by atoms with Gasteiger partial charge in [0.2, 0.25) is 5.88 Å². The van der Waals surface area contributed by atoms with Gasteiger partial charge < -0.3 is 15.2 Å². The summed E-state index contributed by atoms with van der Waals surface area (Å²) in [6.45, 7) is 5.92. The number of thioether (sulfide) groups is 1. The van der Waals surface area contributed by atoms with Gasteiger partial charge in [-0.15, -0.1) is 11.8 Å². The van der Waals surface area contributed by atoms with Crippen LogP contribution in [0.4, 0.5) is 0 Å². The Morgan fingerprint density at radius 1 is 1.32 bits per heavy atom. The molecule has 0 bridgehead atoms. The first-order valence-corrected chi connectivity index (χ1v) is 11.2. The normalized spacial score (nSPS) is 16.0. The number of fused-ring (bicyclic) bond motifs is 1. The van der Waals surface area contributed by atoms with Crippen LogP contribution in [-0.4, -0.2) is 31.4 Å². The summed E-state index contributed by atoms with van der Waals surface area (Å²) in [6.07, 6.45) is 6.16. The maximum absolute atomic E-state index is 12.7. The highest BCUT2D eigenvalue weighted by molar-refractivity contribution is 8.09. The highest BCUT2D eigenvalue weighted by atomic mass is 32.2. The number of allylic oxidation sites excluding steroid dienone is 1. The van der Waals surface area contributed by atoms with Crippen LogP contribution in [0.2, 0.25) is 0 Å². The number of hydrogen-bond acceptors (Lipinski definition) is 5. The van der Waals surface area contributed by atoms with E-state index in [-0.39, 0.29) is 17.0 Å². The zero-order valence-corrected chi connectivity index (χ0v) is 18.6. The number of rotatable bonds is 6. The summed E-state index contributed by atoms with van der Waals surface area (Å²) in [5.41, 5.74) is 10.2. The summed E-state index contributed by atoms with van der Waals surface area (Å²) >= 11 is 1.86. The molecular weight excluding hydrogens is 410 g/mol. The fourth-order valence-electron chi connectivity index (χ4n) is 4.28. The molecule has 6 nitrogen and oxygen atoms in total. The van der Waals surface area contributed by atoms with E-state index in [1.165, 1.54) is 10.5 Å². The molecule has 0 radical (unpaired) electrons. The minimum absolute atomic E-state index is 0.149. The lowest BCUT2D eigenvalue weighted by atomic mass is 9.96. The molecule has 0 fully saturated rings. The van der Waals surface area contributed by atoms with Crippen molar-refractivity contribution in [2.24, 2.45) is 5.73 Å². The number of aromatic hydroxyl groups is 1. The third-order valence-corrected chi connectivity index (χ3v) is 6.87. The number of benzene rings is 1. The molecule has 1 aliphatic rings. The van der Waals surface area contributed by atoms with Gasteiger partial charge in [0.05, 0.1) is 11.3 Å². The standard InChI is InChI=1S/C24H25N3O3S/c1-4-16-18(11-15-7-5-6-8-17(15)19-10-9-14(3)31-19)27-12-13(2)26-24(30)21(27)20(16)22(28)23(25)29/h5-8,10,12,14H,4,9,11H2,1-3H3,(H2,25,29)(H,26,30). The van der Waals surface area contributed by atoms with Crippen molar-refractivity contribution < 1.29 is 14.7 Å². The molecule has 4 rings (SSSR count). The maximum Gasteiger partial charge on any atom is 0.289 e. The van der Waals surface area contributed by atoms with Crippen LogP contribution in [0.3, 0.4) is 0 Å². The average molecular weight is 436 g/mol. The van der Waals surface area contributed by atoms with Crippen LogP contribution in [0.5, 0.6) is 5.88 Å². The van der Waals surface area contributed by atoms with Gasteiger partial charge in [0, 0.05) is 28.5 Å². The first kappa shape index (κ1) is 21.2. The molecule has 0 saturated heterocycles. The summed E-state index contributed by atoms with van der Waals surface area (Å²) in [4.78, 5) is 29.8. The van der Waals surface area contributed by atoms with Crippen LogP contribution < -0.4 is 5.73 Å². The van der Waals surface area contributed by atoms with Gasteiger partial charge in [0.25, 0.3) is 11.7 Å². The minimum Gasteiger partial charge on any atom is -0.492 e. The van der Waals surface area contributed by atoms with Crippen molar-refractivity contribution in [2.75, 3.05) is 0 Å². The summed E-state index contributed by atoms with van der Waals surface area (Å²) in [7, 11) is 0. The Labute approximate surface area is 185 Å². The average Bonchev–Trinajstić information content (AvgIpc) is 3.29. The lowest BCUT2D eigenvalue weighted by molar-refractivity contribution is -0.114. The SMILES string of the molecule is CCc1c(C(=O)C(N)=O)c2c(O)nc(C)cn2c1Cc1ccccc1C1=CCC(C)S1. The monoisotopic (exact) mass is 435 g/mol. The van der Waals surface area contributed by atoms with Crippen LogP contribution in [0.1, 0.15) is 58.7 Å². The number of Topliss-reactive ketones (excluding diaryl/α,β-unsaturated/α-hetero) is 1. The van der Waals surface area contributed by atoms with E-state index in [1.54, 1.807) is 17.5 Å². The van der Waals surface area contributed by atoms with Gasteiger partial charge in [-0.2, -0.15) is 0 Å². The Morgan fingerprint density at radius 2 is 2.06 bits per heavy atom. The number of ketones is 1. The number of nitrogens with zero attached hydrogens (tertiary/aromatic N) is 2. The molecule has 1 unspecified atom stereocenters. The van der Waals surface area contributed by atoms with E-state index in [4.69, 9.17) is 5.73 Å². The van der Waals surface area contributed by atoms with Crippen molar-refractivity contribution in [1.29, 1.82) is 0 Å². The highest BCUT2D eigenvalue weighted by Crippen LogP contribution is 2.41. The van der Waals surface area contributed by atoms with Gasteiger partial charge in [-0.1, -0.05) is 44.2 Å². The van der Waals surface area contributed by atoms with Crippen LogP contribution in [-0.2, 0) is 17.6 Å². The van der Waals surface area contributed by atoms with Crippen molar-refractivity contribution in [1.82, 2.24) is 9.38 Å². The summed E-state index contributed by atoms with van der Waals surface area (Å²) in [5, 5.41) is 11.1. The molecule has 2 aromatic heterocycles. The second-order valence-electron chi connectivity index (χ2n) is 7.84. The van der Waals surface area contributed by atoms with Crippen molar-refractivity contribution in [3.63, 3.8) is 0 Å². The molecule has 1 atom stereocenters. The number of amides is 1. The van der Waals surface area contributed by atoms with Gasteiger partial charge in [-0.3, -0.25) is 9.59 Å². The largest absolute Gasteiger partial charge is 0.492 e. The molecule has 1 aliphatic heterocycles. The highest BCUT2D eigenvalue weighted by Gasteiger charge is 2.28. The van der Waals surface area contributed by atoms with Crippen molar-refractivity contribution in [3.05, 3.63) is 70.2 Å². The maximum atomic E-state index is 12.7. The van der Waals surface area contributed by atoms with Gasteiger partial charge in [0.15, 0.2) is 0 Å². The Hall–Kier alpha value is -3.06. The predicted molar refractivity (Wildman–Crippen MR) is 123 cm³/mol. The van der Waals surface area contributed by atoms with E-state index in [1.807, 2.05) is 30.8 Å².